The van der Waals surface area contributed by atoms with Gasteiger partial charge in [-0.1, -0.05) is 30.2 Å². The Morgan fingerprint density at radius 3 is 2.82 bits per heavy atom. The molecule has 0 N–H and O–H groups in total. The van der Waals surface area contributed by atoms with Gasteiger partial charge in [-0.25, -0.2) is 4.79 Å². The SMILES string of the molecule is COC(=O)CC1CCCN1c1cccc(OC(=O)C#Cc2ccccc2C)n1. The number of esters is 2. The standard InChI is InChI=1S/C22H22N2O4/c1-16-7-3-4-8-17(16)12-13-21(25)28-20-11-5-10-19(23-20)24-14-6-9-18(24)15-22(26)27-2/h3-5,7-8,10-11,18H,6,9,14-15H2,1-2H3. The smallest absolute Gasteiger partial charge is 0.391 e. The van der Waals surface area contributed by atoms with Crippen molar-refractivity contribution in [1.29, 1.82) is 0 Å². The van der Waals surface area contributed by atoms with Crippen LogP contribution < -0.4 is 9.64 Å². The van der Waals surface area contributed by atoms with E-state index in [4.69, 9.17) is 9.47 Å². The maximum absolute atomic E-state index is 12.1. The van der Waals surface area contributed by atoms with Crippen LogP contribution in [0.5, 0.6) is 5.88 Å². The minimum Gasteiger partial charge on any atom is -0.469 e. The van der Waals surface area contributed by atoms with Gasteiger partial charge in [-0.2, -0.15) is 4.98 Å². The highest BCUT2D eigenvalue weighted by molar-refractivity contribution is 5.90. The van der Waals surface area contributed by atoms with Gasteiger partial charge in [-0.15, -0.1) is 0 Å². The first kappa shape index (κ1) is 19.4. The first-order valence-electron chi connectivity index (χ1n) is 9.17. The maximum Gasteiger partial charge on any atom is 0.391 e. The van der Waals surface area contributed by atoms with Crippen molar-refractivity contribution >= 4 is 17.8 Å². The zero-order valence-electron chi connectivity index (χ0n) is 16.0. The molecule has 1 saturated heterocycles. The topological polar surface area (TPSA) is 68.7 Å². The lowest BCUT2D eigenvalue weighted by molar-refractivity contribution is -0.141. The van der Waals surface area contributed by atoms with Crippen molar-refractivity contribution in [1.82, 2.24) is 4.98 Å². The van der Waals surface area contributed by atoms with Crippen LogP contribution in [0.4, 0.5) is 5.82 Å². The van der Waals surface area contributed by atoms with Gasteiger partial charge in [-0.3, -0.25) is 4.79 Å². The van der Waals surface area contributed by atoms with Crippen LogP contribution in [0.15, 0.2) is 42.5 Å². The zero-order chi connectivity index (χ0) is 19.9. The van der Waals surface area contributed by atoms with Crippen molar-refractivity contribution in [2.45, 2.75) is 32.2 Å². The summed E-state index contributed by atoms with van der Waals surface area (Å²) in [6.07, 6.45) is 2.17. The summed E-state index contributed by atoms with van der Waals surface area (Å²) in [6.45, 7) is 2.72. The third-order valence-corrected chi connectivity index (χ3v) is 4.65. The van der Waals surface area contributed by atoms with Crippen LogP contribution >= 0.6 is 0 Å². The average Bonchev–Trinajstić information content (AvgIpc) is 3.15. The van der Waals surface area contributed by atoms with Crippen LogP contribution in [0.2, 0.25) is 0 Å². The van der Waals surface area contributed by atoms with Gasteiger partial charge >= 0.3 is 11.9 Å². The molecule has 1 aliphatic heterocycles. The number of nitrogens with zero attached hydrogens (tertiary/aromatic N) is 2. The molecule has 6 nitrogen and oxygen atoms in total. The fourth-order valence-electron chi connectivity index (χ4n) is 3.20. The molecule has 144 valence electrons. The second-order valence-electron chi connectivity index (χ2n) is 6.56. The lowest BCUT2D eigenvalue weighted by Gasteiger charge is -2.25. The lowest BCUT2D eigenvalue weighted by atomic mass is 10.1. The molecule has 28 heavy (non-hydrogen) atoms. The number of hydrogen-bond donors (Lipinski definition) is 0. The van der Waals surface area contributed by atoms with Gasteiger partial charge in [0, 0.05) is 30.1 Å². The monoisotopic (exact) mass is 378 g/mol. The van der Waals surface area contributed by atoms with Crippen molar-refractivity contribution in [3.05, 3.63) is 53.6 Å². The molecule has 0 amide bonds. The van der Waals surface area contributed by atoms with Crippen molar-refractivity contribution in [3.63, 3.8) is 0 Å². The van der Waals surface area contributed by atoms with Crippen LogP contribution in [-0.2, 0) is 14.3 Å². The second-order valence-corrected chi connectivity index (χ2v) is 6.56. The highest BCUT2D eigenvalue weighted by Crippen LogP contribution is 2.27. The number of carbonyl (C=O) groups is 2. The van der Waals surface area contributed by atoms with Crippen molar-refractivity contribution in [2.75, 3.05) is 18.6 Å². The van der Waals surface area contributed by atoms with E-state index in [9.17, 15) is 9.59 Å². The molecule has 1 aliphatic rings. The Hall–Kier alpha value is -3.33. The van der Waals surface area contributed by atoms with E-state index >= 15 is 0 Å². The Labute approximate surface area is 164 Å². The van der Waals surface area contributed by atoms with Crippen molar-refractivity contribution in [2.24, 2.45) is 0 Å². The van der Waals surface area contributed by atoms with Crippen LogP contribution in [0.3, 0.4) is 0 Å². The van der Waals surface area contributed by atoms with Crippen molar-refractivity contribution < 1.29 is 19.1 Å². The van der Waals surface area contributed by atoms with E-state index in [1.54, 1.807) is 12.1 Å². The molecule has 0 saturated carbocycles. The Morgan fingerprint density at radius 1 is 1.21 bits per heavy atom. The Kier molecular flexibility index (Phi) is 6.28. The molecule has 6 heteroatoms. The highest BCUT2D eigenvalue weighted by atomic mass is 16.5. The zero-order valence-corrected chi connectivity index (χ0v) is 16.0. The predicted octanol–water partition coefficient (Wildman–Crippen LogP) is 2.88. The largest absolute Gasteiger partial charge is 0.469 e. The number of pyridine rings is 1. The fraction of sp³-hybridized carbons (Fsp3) is 0.318. The fourth-order valence-corrected chi connectivity index (χ4v) is 3.20. The summed E-state index contributed by atoms with van der Waals surface area (Å²) in [7, 11) is 1.39. The van der Waals surface area contributed by atoms with E-state index in [-0.39, 0.29) is 17.9 Å². The molecule has 2 heterocycles. The molecule has 0 spiro atoms. The third kappa shape index (κ3) is 4.89. The first-order chi connectivity index (χ1) is 13.6. The third-order valence-electron chi connectivity index (χ3n) is 4.65. The van der Waals surface area contributed by atoms with E-state index in [1.807, 2.05) is 42.2 Å². The number of rotatable bonds is 4. The number of carbonyl (C=O) groups excluding carboxylic acids is 2. The number of benzene rings is 1. The van der Waals surface area contributed by atoms with E-state index in [1.165, 1.54) is 7.11 Å². The van der Waals surface area contributed by atoms with Crippen LogP contribution in [0.1, 0.15) is 30.4 Å². The van der Waals surface area contributed by atoms with Crippen LogP contribution in [-0.4, -0.2) is 36.6 Å². The summed E-state index contributed by atoms with van der Waals surface area (Å²) in [6, 6.07) is 12.8. The number of aryl methyl sites for hydroxylation is 1. The van der Waals surface area contributed by atoms with Gasteiger partial charge in [-0.05, 0) is 37.5 Å². The normalized spacial score (nSPS) is 15.5. The summed E-state index contributed by atoms with van der Waals surface area (Å²) in [5.41, 5.74) is 1.78. The molecule has 0 radical (unpaired) electrons. The Morgan fingerprint density at radius 2 is 2.04 bits per heavy atom. The minimum atomic E-state index is -0.666. The number of anilines is 1. The Balaban J connectivity index is 1.69. The molecule has 1 unspecified atom stereocenters. The highest BCUT2D eigenvalue weighted by Gasteiger charge is 2.28. The molecule has 3 rings (SSSR count). The van der Waals surface area contributed by atoms with Gasteiger partial charge in [0.05, 0.1) is 13.5 Å². The summed E-state index contributed by atoms with van der Waals surface area (Å²) < 4.78 is 10.0. The lowest BCUT2D eigenvalue weighted by Crippen LogP contribution is -2.32. The molecule has 1 atom stereocenters. The molecule has 0 aliphatic carbocycles. The molecule has 1 aromatic heterocycles. The van der Waals surface area contributed by atoms with Crippen LogP contribution in [0.25, 0.3) is 0 Å². The Bertz CT molecular complexity index is 929. The summed E-state index contributed by atoms with van der Waals surface area (Å²) in [4.78, 5) is 30.1. The molecule has 0 bridgehead atoms. The minimum absolute atomic E-state index is 0.0340. The number of methoxy groups -OCH3 is 1. The van der Waals surface area contributed by atoms with Gasteiger partial charge in [0.25, 0.3) is 0 Å². The van der Waals surface area contributed by atoms with E-state index < -0.39 is 5.97 Å². The summed E-state index contributed by atoms with van der Waals surface area (Å²) >= 11 is 0. The van der Waals surface area contributed by atoms with E-state index in [0.29, 0.717) is 12.2 Å². The van der Waals surface area contributed by atoms with Crippen molar-refractivity contribution in [3.8, 4) is 17.7 Å². The average molecular weight is 378 g/mol. The quantitative estimate of drug-likeness (QED) is 0.602. The number of aromatic nitrogens is 1. The molecular formula is C22H22N2O4. The number of ether oxygens (including phenoxy) is 2. The maximum atomic E-state index is 12.1. The second kappa shape index (κ2) is 9.05. The number of hydrogen-bond acceptors (Lipinski definition) is 6. The van der Waals surface area contributed by atoms with Crippen LogP contribution in [0, 0.1) is 18.8 Å². The first-order valence-corrected chi connectivity index (χ1v) is 9.17. The van der Waals surface area contributed by atoms with Gasteiger partial charge in [0.2, 0.25) is 5.88 Å². The van der Waals surface area contributed by atoms with Gasteiger partial charge in [0.1, 0.15) is 5.82 Å². The molecule has 2 aromatic rings. The predicted molar refractivity (Wildman–Crippen MR) is 105 cm³/mol. The van der Waals surface area contributed by atoms with Gasteiger partial charge in [0.15, 0.2) is 0 Å². The summed E-state index contributed by atoms with van der Waals surface area (Å²) in [5.74, 6) is 5.26. The molecule has 1 aromatic carbocycles. The molecule has 1 fully saturated rings. The van der Waals surface area contributed by atoms with Gasteiger partial charge < -0.3 is 14.4 Å². The summed E-state index contributed by atoms with van der Waals surface area (Å²) in [5, 5.41) is 0. The molecular weight excluding hydrogens is 356 g/mol. The van der Waals surface area contributed by atoms with E-state index in [0.717, 1.165) is 30.5 Å². The van der Waals surface area contributed by atoms with E-state index in [2.05, 4.69) is 16.8 Å².